The molecule has 0 radical (unpaired) electrons. The molecule has 0 saturated carbocycles. The van der Waals surface area contributed by atoms with Gasteiger partial charge in [0.15, 0.2) is 5.82 Å². The maximum atomic E-state index is 13.4. The Hall–Kier alpha value is -1.70. The second kappa shape index (κ2) is 5.59. The topological polar surface area (TPSA) is 77.0 Å². The molecule has 0 aliphatic heterocycles. The second-order valence-electron chi connectivity index (χ2n) is 4.36. The fourth-order valence-corrected chi connectivity index (χ4v) is 2.13. The van der Waals surface area contributed by atoms with Gasteiger partial charge >= 0.3 is 0 Å². The van der Waals surface area contributed by atoms with E-state index in [0.29, 0.717) is 16.8 Å². The number of aromatic nitrogens is 4. The number of aliphatic hydroxyl groups excluding tert-OH is 1. The predicted octanol–water partition coefficient (Wildman–Crippen LogP) is 2.68. The molecule has 1 atom stereocenters. The van der Waals surface area contributed by atoms with E-state index in [4.69, 9.17) is 27.6 Å². The molecular formula is C12H9Cl2FN4O2. The van der Waals surface area contributed by atoms with Gasteiger partial charge in [0, 0.05) is 11.5 Å². The summed E-state index contributed by atoms with van der Waals surface area (Å²) in [6, 6.07) is 4.15. The molecule has 0 amide bonds. The summed E-state index contributed by atoms with van der Waals surface area (Å²) in [7, 11) is 0. The second-order valence-corrected chi connectivity index (χ2v) is 5.04. The van der Waals surface area contributed by atoms with Gasteiger partial charge in [-0.3, -0.25) is 0 Å². The Morgan fingerprint density at radius 2 is 2.19 bits per heavy atom. The van der Waals surface area contributed by atoms with Crippen molar-refractivity contribution in [3.63, 3.8) is 0 Å². The molecule has 1 N–H and O–H groups in total. The Balaban J connectivity index is 1.85. The van der Waals surface area contributed by atoms with Crippen molar-refractivity contribution in [2.45, 2.75) is 18.5 Å². The maximum absolute atomic E-state index is 13.4. The Kier molecular flexibility index (Phi) is 3.79. The van der Waals surface area contributed by atoms with Crippen LogP contribution in [0.25, 0.3) is 11.0 Å². The van der Waals surface area contributed by atoms with Crippen molar-refractivity contribution in [2.24, 2.45) is 0 Å². The van der Waals surface area contributed by atoms with Gasteiger partial charge in [-0.1, -0.05) is 11.6 Å². The van der Waals surface area contributed by atoms with Crippen molar-refractivity contribution in [2.75, 3.05) is 0 Å². The lowest BCUT2D eigenvalue weighted by Gasteiger charge is -2.05. The van der Waals surface area contributed by atoms with Gasteiger partial charge in [-0.2, -0.15) is 4.80 Å². The van der Waals surface area contributed by atoms with Crippen LogP contribution in [-0.2, 0) is 12.4 Å². The van der Waals surface area contributed by atoms with Crippen LogP contribution < -0.4 is 0 Å². The van der Waals surface area contributed by atoms with Gasteiger partial charge in [0.1, 0.15) is 23.3 Å². The molecule has 0 aliphatic rings. The third-order valence-corrected chi connectivity index (χ3v) is 3.39. The smallest absolute Gasteiger partial charge is 0.189 e. The van der Waals surface area contributed by atoms with Crippen molar-refractivity contribution in [1.82, 2.24) is 20.2 Å². The molecule has 0 saturated heterocycles. The zero-order valence-corrected chi connectivity index (χ0v) is 12.0. The first-order valence-electron chi connectivity index (χ1n) is 5.96. The fourth-order valence-electron chi connectivity index (χ4n) is 1.87. The Labute approximate surface area is 128 Å². The highest BCUT2D eigenvalue weighted by Gasteiger charge is 2.17. The monoisotopic (exact) mass is 330 g/mol. The van der Waals surface area contributed by atoms with Crippen LogP contribution in [0.3, 0.4) is 0 Å². The standard InChI is InChI=1S/C12H9Cl2FN4O2/c13-4-12-16-18-19(17-12)5-9(20)11-2-6-1-8(15)7(14)3-10(6)21-11/h1-3,9,20H,4-5H2/t9-/m0/s1. The van der Waals surface area contributed by atoms with Gasteiger partial charge in [-0.05, 0) is 17.3 Å². The average Bonchev–Trinajstić information content (AvgIpc) is 3.06. The van der Waals surface area contributed by atoms with Crippen LogP contribution in [0, 0.1) is 5.82 Å². The lowest BCUT2D eigenvalue weighted by atomic mass is 10.2. The molecule has 1 aromatic carbocycles. The highest BCUT2D eigenvalue weighted by atomic mass is 35.5. The van der Waals surface area contributed by atoms with E-state index in [1.165, 1.54) is 16.9 Å². The zero-order chi connectivity index (χ0) is 15.0. The first-order chi connectivity index (χ1) is 10.1. The van der Waals surface area contributed by atoms with Crippen LogP contribution in [0.1, 0.15) is 17.7 Å². The minimum atomic E-state index is -1.00. The number of rotatable bonds is 4. The highest BCUT2D eigenvalue weighted by Crippen LogP contribution is 2.28. The molecule has 0 spiro atoms. The lowest BCUT2D eigenvalue weighted by molar-refractivity contribution is 0.122. The van der Waals surface area contributed by atoms with Gasteiger partial charge in [0.05, 0.1) is 17.4 Å². The summed E-state index contributed by atoms with van der Waals surface area (Å²) >= 11 is 11.3. The molecule has 0 aliphatic carbocycles. The molecule has 0 fully saturated rings. The van der Waals surface area contributed by atoms with E-state index in [1.54, 1.807) is 6.07 Å². The van der Waals surface area contributed by atoms with Crippen LogP contribution >= 0.6 is 23.2 Å². The zero-order valence-electron chi connectivity index (χ0n) is 10.5. The third kappa shape index (κ3) is 2.85. The maximum Gasteiger partial charge on any atom is 0.189 e. The number of hydrogen-bond donors (Lipinski definition) is 1. The van der Waals surface area contributed by atoms with Gasteiger partial charge < -0.3 is 9.52 Å². The van der Waals surface area contributed by atoms with Crippen LogP contribution in [0.4, 0.5) is 4.39 Å². The summed E-state index contributed by atoms with van der Waals surface area (Å²) in [5.74, 6) is 0.216. The van der Waals surface area contributed by atoms with Gasteiger partial charge in [0.2, 0.25) is 0 Å². The van der Waals surface area contributed by atoms with E-state index in [0.717, 1.165) is 0 Å². The molecule has 21 heavy (non-hydrogen) atoms. The number of nitrogens with zero attached hydrogens (tertiary/aromatic N) is 4. The number of benzene rings is 1. The van der Waals surface area contributed by atoms with Crippen LogP contribution in [-0.4, -0.2) is 25.3 Å². The van der Waals surface area contributed by atoms with E-state index in [2.05, 4.69) is 15.4 Å². The average molecular weight is 331 g/mol. The third-order valence-electron chi connectivity index (χ3n) is 2.86. The summed E-state index contributed by atoms with van der Waals surface area (Å²) in [5, 5.41) is 22.0. The first-order valence-corrected chi connectivity index (χ1v) is 6.87. The highest BCUT2D eigenvalue weighted by molar-refractivity contribution is 6.31. The molecule has 2 heterocycles. The quantitative estimate of drug-likeness (QED) is 0.744. The summed E-state index contributed by atoms with van der Waals surface area (Å²) in [6.45, 7) is 0.0416. The molecule has 2 aromatic heterocycles. The molecule has 9 heteroatoms. The number of alkyl halides is 1. The van der Waals surface area contributed by atoms with Crippen LogP contribution in [0.2, 0.25) is 5.02 Å². The number of aliphatic hydroxyl groups is 1. The van der Waals surface area contributed by atoms with Crippen molar-refractivity contribution >= 4 is 34.2 Å². The molecule has 0 unspecified atom stereocenters. The lowest BCUT2D eigenvalue weighted by Crippen LogP contribution is -2.11. The molecule has 110 valence electrons. The van der Waals surface area contributed by atoms with Crippen molar-refractivity contribution in [3.05, 3.63) is 40.6 Å². The molecule has 3 rings (SSSR count). The Morgan fingerprint density at radius 3 is 2.90 bits per heavy atom. The minimum absolute atomic E-state index is 0.0393. The summed E-state index contributed by atoms with van der Waals surface area (Å²) in [4.78, 5) is 1.21. The van der Waals surface area contributed by atoms with E-state index >= 15 is 0 Å². The normalized spacial score (nSPS) is 13.0. The fraction of sp³-hybridized carbons (Fsp3) is 0.250. The van der Waals surface area contributed by atoms with Crippen LogP contribution in [0.15, 0.2) is 22.6 Å². The predicted molar refractivity (Wildman–Crippen MR) is 73.5 cm³/mol. The minimum Gasteiger partial charge on any atom is -0.458 e. The summed E-state index contributed by atoms with van der Waals surface area (Å²) in [6.07, 6.45) is -1.00. The Morgan fingerprint density at radius 1 is 1.38 bits per heavy atom. The van der Waals surface area contributed by atoms with Gasteiger partial charge in [-0.15, -0.1) is 21.8 Å². The van der Waals surface area contributed by atoms with Crippen LogP contribution in [0.5, 0.6) is 0 Å². The first kappa shape index (κ1) is 14.2. The van der Waals surface area contributed by atoms with Crippen molar-refractivity contribution < 1.29 is 13.9 Å². The number of tetrazole rings is 1. The molecule has 6 nitrogen and oxygen atoms in total. The molecule has 3 aromatic rings. The van der Waals surface area contributed by atoms with E-state index in [-0.39, 0.29) is 23.2 Å². The number of furan rings is 1. The number of fused-ring (bicyclic) bond motifs is 1. The largest absolute Gasteiger partial charge is 0.458 e. The SMILES string of the molecule is O[C@@H](Cn1nnc(CCl)n1)c1cc2cc(F)c(Cl)cc2o1. The van der Waals surface area contributed by atoms with Gasteiger partial charge in [-0.25, -0.2) is 4.39 Å². The van der Waals surface area contributed by atoms with Gasteiger partial charge in [0.25, 0.3) is 0 Å². The number of hydrogen-bond acceptors (Lipinski definition) is 5. The molecule has 0 bridgehead atoms. The summed E-state index contributed by atoms with van der Waals surface area (Å²) < 4.78 is 18.8. The molecular weight excluding hydrogens is 322 g/mol. The summed E-state index contributed by atoms with van der Waals surface area (Å²) in [5.41, 5.74) is 0.392. The van der Waals surface area contributed by atoms with Crippen molar-refractivity contribution in [3.8, 4) is 0 Å². The van der Waals surface area contributed by atoms with Crippen molar-refractivity contribution in [1.29, 1.82) is 0 Å². The van der Waals surface area contributed by atoms with E-state index < -0.39 is 11.9 Å². The number of halogens is 3. The van der Waals surface area contributed by atoms with E-state index in [1.807, 2.05) is 0 Å². The Bertz CT molecular complexity index is 750. The van der Waals surface area contributed by atoms with E-state index in [9.17, 15) is 9.50 Å².